The minimum absolute atomic E-state index is 0.0412. The molecule has 2 saturated carbocycles. The second-order valence-electron chi connectivity index (χ2n) is 7.34. The molecule has 4 atom stereocenters. The summed E-state index contributed by atoms with van der Waals surface area (Å²) in [5.41, 5.74) is -0.139. The van der Waals surface area contributed by atoms with Crippen LogP contribution in [-0.2, 0) is 9.59 Å². The van der Waals surface area contributed by atoms with Gasteiger partial charge in [0.25, 0.3) is 5.69 Å². The molecule has 7 heteroatoms. The van der Waals surface area contributed by atoms with Crippen molar-refractivity contribution in [3.05, 3.63) is 40.5 Å². The van der Waals surface area contributed by atoms with Crippen molar-refractivity contribution in [3.8, 4) is 5.75 Å². The van der Waals surface area contributed by atoms with Gasteiger partial charge in [0, 0.05) is 0 Å². The predicted molar refractivity (Wildman–Crippen MR) is 86.9 cm³/mol. The summed E-state index contributed by atoms with van der Waals surface area (Å²) >= 11 is 0. The second-order valence-corrected chi connectivity index (χ2v) is 7.34. The van der Waals surface area contributed by atoms with E-state index in [1.807, 2.05) is 0 Å². The summed E-state index contributed by atoms with van der Waals surface area (Å²) in [5.74, 6) is -0.827. The number of hydrogen-bond acceptors (Lipinski definition) is 5. The van der Waals surface area contributed by atoms with Crippen molar-refractivity contribution in [1.82, 2.24) is 0 Å². The highest BCUT2D eigenvalue weighted by atomic mass is 16.6. The van der Waals surface area contributed by atoms with Gasteiger partial charge >= 0.3 is 0 Å². The van der Waals surface area contributed by atoms with Crippen LogP contribution in [0.5, 0.6) is 5.75 Å². The molecule has 1 aromatic carbocycles. The van der Waals surface area contributed by atoms with Crippen molar-refractivity contribution in [1.29, 1.82) is 0 Å². The molecule has 0 radical (unpaired) electrons. The van der Waals surface area contributed by atoms with Crippen LogP contribution in [0.15, 0.2) is 30.4 Å². The zero-order valence-corrected chi connectivity index (χ0v) is 13.5. The van der Waals surface area contributed by atoms with Crippen LogP contribution >= 0.6 is 0 Å². The second kappa shape index (κ2) is 4.47. The number of carbonyl (C=O) groups excluding carboxylic acids is 2. The van der Waals surface area contributed by atoms with Gasteiger partial charge in [0.15, 0.2) is 0 Å². The highest BCUT2D eigenvalue weighted by Gasteiger charge is 2.73. The molecule has 128 valence electrons. The number of nitro benzene ring substituents is 1. The highest BCUT2D eigenvalue weighted by molar-refractivity contribution is 6.24. The molecule has 2 bridgehead atoms. The van der Waals surface area contributed by atoms with E-state index < -0.39 is 4.92 Å². The van der Waals surface area contributed by atoms with Gasteiger partial charge in [0.2, 0.25) is 11.8 Å². The lowest BCUT2D eigenvalue weighted by molar-refractivity contribution is -0.384. The van der Waals surface area contributed by atoms with Crippen LogP contribution in [-0.4, -0.2) is 23.8 Å². The van der Waals surface area contributed by atoms with Crippen LogP contribution in [0.3, 0.4) is 0 Å². The minimum atomic E-state index is -0.582. The fourth-order valence-corrected chi connectivity index (χ4v) is 5.28. The Morgan fingerprint density at radius 1 is 1.16 bits per heavy atom. The first-order valence-electron chi connectivity index (χ1n) is 8.38. The van der Waals surface area contributed by atoms with Crippen molar-refractivity contribution in [3.63, 3.8) is 0 Å². The fourth-order valence-electron chi connectivity index (χ4n) is 5.28. The van der Waals surface area contributed by atoms with E-state index in [1.165, 1.54) is 25.3 Å². The van der Waals surface area contributed by atoms with Gasteiger partial charge in [-0.25, -0.2) is 4.90 Å². The lowest BCUT2D eigenvalue weighted by Gasteiger charge is -2.21. The van der Waals surface area contributed by atoms with Gasteiger partial charge in [-0.3, -0.25) is 19.7 Å². The molecule has 1 aromatic rings. The van der Waals surface area contributed by atoms with Crippen LogP contribution in [0.1, 0.15) is 12.8 Å². The summed E-state index contributed by atoms with van der Waals surface area (Å²) < 4.78 is 5.03. The molecule has 7 nitrogen and oxygen atoms in total. The van der Waals surface area contributed by atoms with E-state index >= 15 is 0 Å². The van der Waals surface area contributed by atoms with E-state index in [1.54, 1.807) is 0 Å². The number of allylic oxidation sites excluding steroid dienone is 2. The summed E-state index contributed by atoms with van der Waals surface area (Å²) in [4.78, 5) is 38.0. The molecule has 1 spiro atoms. The average molecular weight is 340 g/mol. The van der Waals surface area contributed by atoms with Crippen molar-refractivity contribution < 1.29 is 19.2 Å². The van der Waals surface area contributed by atoms with Crippen LogP contribution < -0.4 is 9.64 Å². The molecule has 2 amide bonds. The normalized spacial score (nSPS) is 33.2. The Kier molecular flexibility index (Phi) is 2.62. The summed E-state index contributed by atoms with van der Waals surface area (Å²) in [5, 5.41) is 11.4. The molecule has 0 unspecified atom stereocenters. The largest absolute Gasteiger partial charge is 0.496 e. The first-order chi connectivity index (χ1) is 12.0. The standard InChI is InChI=1S/C18H16N2O5/c1-25-9-2-5-12(13(8-9)20(23)24)19-16(21)14-10-3-4-11(15(14)17(19)22)18(10)6-7-18/h2-5,8,10-11,14-15H,6-7H2,1H3/t10-,11+,14-,15+. The van der Waals surface area contributed by atoms with Crippen LogP contribution in [0, 0.1) is 39.2 Å². The van der Waals surface area contributed by atoms with Gasteiger partial charge in [0.1, 0.15) is 11.4 Å². The van der Waals surface area contributed by atoms with E-state index in [9.17, 15) is 19.7 Å². The molecule has 5 rings (SSSR count). The van der Waals surface area contributed by atoms with Crippen LogP contribution in [0.2, 0.25) is 0 Å². The third-order valence-corrected chi connectivity index (χ3v) is 6.47. The maximum atomic E-state index is 13.0. The van der Waals surface area contributed by atoms with E-state index in [2.05, 4.69) is 12.2 Å². The maximum absolute atomic E-state index is 13.0. The fraction of sp³-hybridized carbons (Fsp3) is 0.444. The number of nitrogens with zero attached hydrogens (tertiary/aromatic N) is 2. The summed E-state index contributed by atoms with van der Waals surface area (Å²) in [6.07, 6.45) is 6.28. The zero-order chi connectivity index (χ0) is 17.5. The lowest BCUT2D eigenvalue weighted by atomic mass is 9.85. The number of hydrogen-bond donors (Lipinski definition) is 0. The number of methoxy groups -OCH3 is 1. The molecule has 3 fully saturated rings. The molecule has 0 aromatic heterocycles. The zero-order valence-electron chi connectivity index (χ0n) is 13.5. The number of nitro groups is 1. The Labute approximate surface area is 143 Å². The van der Waals surface area contributed by atoms with Crippen LogP contribution in [0.4, 0.5) is 11.4 Å². The number of carbonyl (C=O) groups is 2. The van der Waals surface area contributed by atoms with E-state index in [4.69, 9.17) is 4.74 Å². The number of anilines is 1. The number of amides is 2. The van der Waals surface area contributed by atoms with Crippen molar-refractivity contribution in [2.45, 2.75) is 12.8 Å². The van der Waals surface area contributed by atoms with Gasteiger partial charge in [-0.2, -0.15) is 0 Å². The summed E-state index contributed by atoms with van der Waals surface area (Å²) in [6, 6.07) is 4.21. The molecule has 0 N–H and O–H groups in total. The highest BCUT2D eigenvalue weighted by Crippen LogP contribution is 2.73. The molecule has 1 saturated heterocycles. The SMILES string of the molecule is COc1ccc(N2C(=O)[C@@H]3[C@H](C2=O)[C@H]2C=C[C@@H]3C23CC3)c([N+](=O)[O-])c1. The average Bonchev–Trinajstić information content (AvgIpc) is 3.20. The summed E-state index contributed by atoms with van der Waals surface area (Å²) in [6.45, 7) is 0. The first kappa shape index (κ1) is 14.6. The topological polar surface area (TPSA) is 89.8 Å². The van der Waals surface area contributed by atoms with Gasteiger partial charge in [0.05, 0.1) is 29.9 Å². The smallest absolute Gasteiger partial charge is 0.297 e. The predicted octanol–water partition coefficient (Wildman–Crippen LogP) is 2.30. The third-order valence-electron chi connectivity index (χ3n) is 6.47. The molecule has 1 heterocycles. The molecule has 1 aliphatic heterocycles. The Balaban J connectivity index is 1.59. The van der Waals surface area contributed by atoms with E-state index in [-0.39, 0.29) is 52.3 Å². The molecule has 3 aliphatic carbocycles. The Morgan fingerprint density at radius 2 is 1.76 bits per heavy atom. The quantitative estimate of drug-likeness (QED) is 0.364. The number of benzene rings is 1. The number of rotatable bonds is 3. The summed E-state index contributed by atoms with van der Waals surface area (Å²) in [7, 11) is 1.41. The molecule has 25 heavy (non-hydrogen) atoms. The van der Waals surface area contributed by atoms with Crippen molar-refractivity contribution in [2.75, 3.05) is 12.0 Å². The van der Waals surface area contributed by atoms with E-state index in [0.29, 0.717) is 5.75 Å². The first-order valence-corrected chi connectivity index (χ1v) is 8.38. The van der Waals surface area contributed by atoms with Crippen molar-refractivity contribution >= 4 is 23.2 Å². The number of imide groups is 1. The number of ether oxygens (including phenoxy) is 1. The minimum Gasteiger partial charge on any atom is -0.496 e. The Morgan fingerprint density at radius 3 is 2.24 bits per heavy atom. The Bertz CT molecular complexity index is 838. The van der Waals surface area contributed by atoms with Gasteiger partial charge in [-0.15, -0.1) is 0 Å². The molecular weight excluding hydrogens is 324 g/mol. The van der Waals surface area contributed by atoms with E-state index in [0.717, 1.165) is 17.7 Å². The van der Waals surface area contributed by atoms with Gasteiger partial charge in [-0.05, 0) is 42.2 Å². The van der Waals surface area contributed by atoms with Crippen LogP contribution in [0.25, 0.3) is 0 Å². The number of fused-ring (bicyclic) bond motifs is 3. The monoisotopic (exact) mass is 340 g/mol. The molecule has 4 aliphatic rings. The Hall–Kier alpha value is -2.70. The lowest BCUT2D eigenvalue weighted by Crippen LogP contribution is -2.35. The molecular formula is C18H16N2O5. The van der Waals surface area contributed by atoms with Gasteiger partial charge < -0.3 is 4.74 Å². The van der Waals surface area contributed by atoms with Gasteiger partial charge in [-0.1, -0.05) is 12.2 Å². The maximum Gasteiger partial charge on any atom is 0.297 e. The van der Waals surface area contributed by atoms with Crippen molar-refractivity contribution in [2.24, 2.45) is 29.1 Å². The third kappa shape index (κ3) is 1.61.